The molecule has 2 nitrogen and oxygen atoms in total. The van der Waals surface area contributed by atoms with Crippen LogP contribution in [-0.4, -0.2) is 30.6 Å². The molecule has 19 heavy (non-hydrogen) atoms. The maximum absolute atomic E-state index is 3.67. The summed E-state index contributed by atoms with van der Waals surface area (Å²) in [4.78, 5) is 2.65. The lowest BCUT2D eigenvalue weighted by atomic mass is 9.78. The Hall–Kier alpha value is -1.02. The molecule has 1 saturated heterocycles. The van der Waals surface area contributed by atoms with Crippen LogP contribution in [-0.2, 0) is 6.42 Å². The number of hydrogen-bond donors (Lipinski definition) is 1. The van der Waals surface area contributed by atoms with Crippen molar-refractivity contribution >= 4 is 5.69 Å². The molecule has 1 N–H and O–H groups in total. The van der Waals surface area contributed by atoms with Gasteiger partial charge >= 0.3 is 0 Å². The minimum atomic E-state index is 0.600. The Balaban J connectivity index is 1.52. The molecule has 0 aromatic heterocycles. The van der Waals surface area contributed by atoms with E-state index in [1.165, 1.54) is 56.6 Å². The first kappa shape index (κ1) is 13.0. The second-order valence-corrected chi connectivity index (χ2v) is 6.67. The van der Waals surface area contributed by atoms with Gasteiger partial charge in [0, 0.05) is 18.3 Å². The number of nitrogens with one attached hydrogen (secondary N) is 1. The summed E-state index contributed by atoms with van der Waals surface area (Å²) in [7, 11) is 0. The number of fused-ring (bicyclic) bond motifs is 1. The predicted octanol–water partition coefficient (Wildman–Crippen LogP) is 3.54. The summed E-state index contributed by atoms with van der Waals surface area (Å²) in [5.74, 6) is 0. The van der Waals surface area contributed by atoms with Crippen molar-refractivity contribution in [3.63, 3.8) is 0 Å². The molecule has 104 valence electrons. The third-order valence-corrected chi connectivity index (χ3v) is 5.24. The monoisotopic (exact) mass is 258 g/mol. The first-order valence-corrected chi connectivity index (χ1v) is 7.75. The van der Waals surface area contributed by atoms with Crippen LogP contribution in [0.25, 0.3) is 0 Å². The topological polar surface area (TPSA) is 15.3 Å². The highest BCUT2D eigenvalue weighted by molar-refractivity contribution is 5.56. The molecule has 1 aromatic carbocycles. The van der Waals surface area contributed by atoms with E-state index in [1.807, 2.05) is 0 Å². The molecule has 2 heteroatoms. The smallest absolute Gasteiger partial charge is 0.0429 e. The minimum Gasteiger partial charge on any atom is -0.380 e. The molecule has 0 bridgehead atoms. The Morgan fingerprint density at radius 1 is 1.26 bits per heavy atom. The molecule has 1 atom stereocenters. The standard InChI is InChI=1S/C17H26N2/c1-3-17(2)8-10-19(11-9-17)13-15-12-14-6-4-5-7-16(14)18-15/h4-7,15,18H,3,8-13H2,1-2H3. The van der Waals surface area contributed by atoms with Crippen LogP contribution >= 0.6 is 0 Å². The molecule has 1 aromatic rings. The Labute approximate surface area is 117 Å². The maximum Gasteiger partial charge on any atom is 0.0429 e. The lowest BCUT2D eigenvalue weighted by Gasteiger charge is -2.39. The molecule has 0 amide bonds. The Morgan fingerprint density at radius 3 is 2.68 bits per heavy atom. The van der Waals surface area contributed by atoms with Gasteiger partial charge in [-0.3, -0.25) is 0 Å². The fraction of sp³-hybridized carbons (Fsp3) is 0.647. The number of nitrogens with zero attached hydrogens (tertiary/aromatic N) is 1. The molecular formula is C17H26N2. The van der Waals surface area contributed by atoms with Crippen molar-refractivity contribution in [1.29, 1.82) is 0 Å². The van der Waals surface area contributed by atoms with Gasteiger partial charge in [0.15, 0.2) is 0 Å². The number of hydrogen-bond acceptors (Lipinski definition) is 2. The lowest BCUT2D eigenvalue weighted by molar-refractivity contribution is 0.112. The second-order valence-electron chi connectivity index (χ2n) is 6.67. The quantitative estimate of drug-likeness (QED) is 0.892. The molecule has 0 aliphatic carbocycles. The third kappa shape index (κ3) is 2.79. The van der Waals surface area contributed by atoms with Crippen LogP contribution < -0.4 is 5.32 Å². The summed E-state index contributed by atoms with van der Waals surface area (Å²) >= 11 is 0. The van der Waals surface area contributed by atoms with Gasteiger partial charge in [-0.25, -0.2) is 0 Å². The normalized spacial score (nSPS) is 25.9. The highest BCUT2D eigenvalue weighted by atomic mass is 15.2. The Morgan fingerprint density at radius 2 is 2.00 bits per heavy atom. The number of rotatable bonds is 3. The molecular weight excluding hydrogens is 232 g/mol. The zero-order valence-electron chi connectivity index (χ0n) is 12.3. The van der Waals surface area contributed by atoms with Crippen LogP contribution in [0.2, 0.25) is 0 Å². The van der Waals surface area contributed by atoms with Crippen LogP contribution in [0, 0.1) is 5.41 Å². The SMILES string of the molecule is CCC1(C)CCN(CC2Cc3ccccc3N2)CC1. The van der Waals surface area contributed by atoms with Crippen LogP contribution in [0.5, 0.6) is 0 Å². The van der Waals surface area contributed by atoms with E-state index in [1.54, 1.807) is 0 Å². The van der Waals surface area contributed by atoms with Crippen molar-refractivity contribution < 1.29 is 0 Å². The summed E-state index contributed by atoms with van der Waals surface area (Å²) in [5, 5.41) is 3.67. The summed E-state index contributed by atoms with van der Waals surface area (Å²) in [6.07, 6.45) is 5.25. The average molecular weight is 258 g/mol. The molecule has 1 unspecified atom stereocenters. The molecule has 0 spiro atoms. The molecule has 0 saturated carbocycles. The van der Waals surface area contributed by atoms with Gasteiger partial charge in [-0.2, -0.15) is 0 Å². The fourth-order valence-electron chi connectivity index (χ4n) is 3.43. The van der Waals surface area contributed by atoms with Gasteiger partial charge in [0.25, 0.3) is 0 Å². The average Bonchev–Trinajstić information content (AvgIpc) is 2.84. The largest absolute Gasteiger partial charge is 0.380 e. The van der Waals surface area contributed by atoms with Crippen molar-refractivity contribution in [2.24, 2.45) is 5.41 Å². The molecule has 2 aliphatic heterocycles. The van der Waals surface area contributed by atoms with E-state index in [4.69, 9.17) is 0 Å². The van der Waals surface area contributed by atoms with Gasteiger partial charge in [0.1, 0.15) is 0 Å². The van der Waals surface area contributed by atoms with Crippen molar-refractivity contribution in [2.45, 2.75) is 45.6 Å². The summed E-state index contributed by atoms with van der Waals surface area (Å²) in [6, 6.07) is 9.35. The molecule has 2 heterocycles. The summed E-state index contributed by atoms with van der Waals surface area (Å²) in [6.45, 7) is 8.55. The van der Waals surface area contributed by atoms with E-state index in [2.05, 4.69) is 48.3 Å². The van der Waals surface area contributed by atoms with Gasteiger partial charge in [0.2, 0.25) is 0 Å². The van der Waals surface area contributed by atoms with Gasteiger partial charge in [-0.05, 0) is 49.4 Å². The van der Waals surface area contributed by atoms with E-state index < -0.39 is 0 Å². The van der Waals surface area contributed by atoms with E-state index >= 15 is 0 Å². The maximum atomic E-state index is 3.67. The predicted molar refractivity (Wildman–Crippen MR) is 81.6 cm³/mol. The second kappa shape index (κ2) is 5.16. The van der Waals surface area contributed by atoms with E-state index in [-0.39, 0.29) is 0 Å². The van der Waals surface area contributed by atoms with Crippen LogP contribution in [0.3, 0.4) is 0 Å². The fourth-order valence-corrected chi connectivity index (χ4v) is 3.43. The van der Waals surface area contributed by atoms with Gasteiger partial charge in [-0.1, -0.05) is 38.5 Å². The zero-order valence-corrected chi connectivity index (χ0v) is 12.3. The highest BCUT2D eigenvalue weighted by Crippen LogP contribution is 2.34. The van der Waals surface area contributed by atoms with E-state index in [9.17, 15) is 0 Å². The molecule has 1 fully saturated rings. The summed E-state index contributed by atoms with van der Waals surface area (Å²) < 4.78 is 0. The third-order valence-electron chi connectivity index (χ3n) is 5.24. The molecule has 3 rings (SSSR count). The van der Waals surface area contributed by atoms with Crippen molar-refractivity contribution in [2.75, 3.05) is 25.0 Å². The molecule has 0 radical (unpaired) electrons. The highest BCUT2D eigenvalue weighted by Gasteiger charge is 2.30. The number of anilines is 1. The van der Waals surface area contributed by atoms with Crippen LogP contribution in [0.15, 0.2) is 24.3 Å². The Kier molecular flexibility index (Phi) is 3.53. The number of benzene rings is 1. The van der Waals surface area contributed by atoms with E-state index in [0.29, 0.717) is 11.5 Å². The first-order valence-electron chi connectivity index (χ1n) is 7.75. The number of para-hydroxylation sites is 1. The van der Waals surface area contributed by atoms with Crippen molar-refractivity contribution in [3.05, 3.63) is 29.8 Å². The first-order chi connectivity index (χ1) is 9.18. The number of likely N-dealkylation sites (tertiary alicyclic amines) is 1. The molecule has 2 aliphatic rings. The minimum absolute atomic E-state index is 0.600. The Bertz CT molecular complexity index is 408. The van der Waals surface area contributed by atoms with Gasteiger partial charge < -0.3 is 10.2 Å². The van der Waals surface area contributed by atoms with Crippen LogP contribution in [0.4, 0.5) is 5.69 Å². The van der Waals surface area contributed by atoms with Crippen molar-refractivity contribution in [3.8, 4) is 0 Å². The van der Waals surface area contributed by atoms with Crippen LogP contribution in [0.1, 0.15) is 38.7 Å². The van der Waals surface area contributed by atoms with Gasteiger partial charge in [0.05, 0.1) is 0 Å². The summed E-state index contributed by atoms with van der Waals surface area (Å²) in [5.41, 5.74) is 3.44. The van der Waals surface area contributed by atoms with Gasteiger partial charge in [-0.15, -0.1) is 0 Å². The van der Waals surface area contributed by atoms with E-state index in [0.717, 1.165) is 0 Å². The van der Waals surface area contributed by atoms with Crippen molar-refractivity contribution in [1.82, 2.24) is 4.90 Å². The lowest BCUT2D eigenvalue weighted by Crippen LogP contribution is -2.43. The number of piperidine rings is 1. The zero-order chi connectivity index (χ0) is 13.3.